The van der Waals surface area contributed by atoms with Crippen molar-refractivity contribution in [3.63, 3.8) is 0 Å². The van der Waals surface area contributed by atoms with Gasteiger partial charge in [0, 0.05) is 0 Å². The van der Waals surface area contributed by atoms with E-state index in [1.165, 1.54) is 82.6 Å². The van der Waals surface area contributed by atoms with E-state index in [1.54, 1.807) is 0 Å². The Bertz CT molecular complexity index is 462. The van der Waals surface area contributed by atoms with E-state index in [2.05, 4.69) is 51.1 Å². The summed E-state index contributed by atoms with van der Waals surface area (Å²) in [4.78, 5) is 0. The van der Waals surface area contributed by atoms with Crippen molar-refractivity contribution >= 4 is 12.8 Å². The first-order valence-corrected chi connectivity index (χ1v) is 18.0. The van der Waals surface area contributed by atoms with Crippen molar-refractivity contribution in [1.29, 1.82) is 0 Å². The summed E-state index contributed by atoms with van der Waals surface area (Å²) >= 11 is -3.30. The van der Waals surface area contributed by atoms with Crippen molar-refractivity contribution in [3.8, 4) is 0 Å². The van der Waals surface area contributed by atoms with Gasteiger partial charge >= 0.3 is 171 Å². The molecule has 0 aliphatic rings. The Morgan fingerprint density at radius 3 is 1.56 bits per heavy atom. The molecule has 0 bridgehead atoms. The standard InChI is InChI=1S/C25H47AsO/c1-4-7-10-11-12-13-14-18-23-26(27,21-8-5-2,22-9-6-3)24-25-19-16-15-17-20-25/h15-17,19-20,27H,4-14,18,21-24H2,1-3H3. The molecule has 0 fully saturated rings. The molecule has 0 aliphatic heterocycles. The third-order valence-corrected chi connectivity index (χ3v) is 17.9. The number of unbranched alkanes of at least 4 members (excludes halogenated alkanes) is 9. The van der Waals surface area contributed by atoms with Crippen molar-refractivity contribution in [2.45, 2.75) is 119 Å². The normalized spacial score (nSPS) is 13.4. The molecule has 0 saturated heterocycles. The number of hydrogen-bond donors (Lipinski definition) is 1. The van der Waals surface area contributed by atoms with E-state index in [9.17, 15) is 4.10 Å². The number of hydrogen-bond acceptors (Lipinski definition) is 1. The second-order valence-electron chi connectivity index (χ2n) is 8.90. The van der Waals surface area contributed by atoms with Crippen LogP contribution in [0, 0.1) is 0 Å². The molecule has 0 spiro atoms. The zero-order valence-electron chi connectivity index (χ0n) is 18.6. The van der Waals surface area contributed by atoms with Crippen LogP contribution in [0.5, 0.6) is 0 Å². The van der Waals surface area contributed by atoms with E-state index < -0.39 is 12.8 Å². The van der Waals surface area contributed by atoms with Crippen molar-refractivity contribution in [2.24, 2.45) is 0 Å². The van der Waals surface area contributed by atoms with E-state index in [4.69, 9.17) is 0 Å². The predicted octanol–water partition coefficient (Wildman–Crippen LogP) is 8.40. The van der Waals surface area contributed by atoms with Gasteiger partial charge in [-0.3, -0.25) is 0 Å². The van der Waals surface area contributed by atoms with Gasteiger partial charge in [-0.15, -0.1) is 0 Å². The van der Waals surface area contributed by atoms with Crippen LogP contribution in [0.1, 0.15) is 103 Å². The Hall–Kier alpha value is -0.262. The van der Waals surface area contributed by atoms with Gasteiger partial charge in [0.25, 0.3) is 0 Å². The monoisotopic (exact) mass is 438 g/mol. The maximum absolute atomic E-state index is 12.3. The molecule has 1 aromatic carbocycles. The Morgan fingerprint density at radius 2 is 1.04 bits per heavy atom. The Balaban J connectivity index is 2.69. The van der Waals surface area contributed by atoms with Crippen LogP contribution in [0.3, 0.4) is 0 Å². The van der Waals surface area contributed by atoms with Crippen LogP contribution in [-0.2, 0) is 5.21 Å². The zero-order valence-corrected chi connectivity index (χ0v) is 20.5. The maximum atomic E-state index is 12.3. The van der Waals surface area contributed by atoms with Gasteiger partial charge in [0.15, 0.2) is 0 Å². The van der Waals surface area contributed by atoms with Crippen molar-refractivity contribution < 1.29 is 4.10 Å². The number of benzene rings is 1. The van der Waals surface area contributed by atoms with Crippen LogP contribution in [0.4, 0.5) is 0 Å². The van der Waals surface area contributed by atoms with E-state index in [0.29, 0.717) is 0 Å². The average molecular weight is 439 g/mol. The third kappa shape index (κ3) is 10.2. The van der Waals surface area contributed by atoms with E-state index in [-0.39, 0.29) is 0 Å². The zero-order chi connectivity index (χ0) is 19.9. The van der Waals surface area contributed by atoms with Gasteiger partial charge in [-0.2, -0.15) is 0 Å². The molecular weight excluding hydrogens is 391 g/mol. The first-order chi connectivity index (χ1) is 13.1. The van der Waals surface area contributed by atoms with Crippen LogP contribution in [0.15, 0.2) is 30.3 Å². The van der Waals surface area contributed by atoms with Crippen LogP contribution < -0.4 is 0 Å². The minimum atomic E-state index is -3.30. The van der Waals surface area contributed by atoms with Gasteiger partial charge in [0.1, 0.15) is 0 Å². The molecule has 1 aromatic rings. The van der Waals surface area contributed by atoms with Gasteiger partial charge in [0.05, 0.1) is 0 Å². The van der Waals surface area contributed by atoms with Gasteiger partial charge in [0.2, 0.25) is 0 Å². The fraction of sp³-hybridized carbons (Fsp3) is 0.760. The predicted molar refractivity (Wildman–Crippen MR) is 125 cm³/mol. The summed E-state index contributed by atoms with van der Waals surface area (Å²) < 4.78 is 12.3. The van der Waals surface area contributed by atoms with E-state index in [0.717, 1.165) is 20.8 Å². The van der Waals surface area contributed by atoms with Gasteiger partial charge in [-0.05, 0) is 0 Å². The van der Waals surface area contributed by atoms with Gasteiger partial charge in [-0.1, -0.05) is 0 Å². The molecule has 158 valence electrons. The summed E-state index contributed by atoms with van der Waals surface area (Å²) in [5.74, 6) is 0. The first kappa shape index (κ1) is 24.8. The van der Waals surface area contributed by atoms with Gasteiger partial charge in [-0.25, -0.2) is 0 Å². The first-order valence-electron chi connectivity index (χ1n) is 11.9. The summed E-state index contributed by atoms with van der Waals surface area (Å²) in [6.45, 7) is 6.83. The summed E-state index contributed by atoms with van der Waals surface area (Å²) in [7, 11) is 0. The second kappa shape index (κ2) is 13.8. The van der Waals surface area contributed by atoms with E-state index in [1.807, 2.05) is 0 Å². The molecule has 1 N–H and O–H groups in total. The summed E-state index contributed by atoms with van der Waals surface area (Å²) in [5.41, 5.74) is 1.37. The SMILES string of the molecule is CCCCCCCCCC[As](O)(CCCC)(CCCC)Cc1ccccc1. The molecule has 1 rings (SSSR count). The van der Waals surface area contributed by atoms with Crippen molar-refractivity contribution in [3.05, 3.63) is 35.9 Å². The molecule has 0 aliphatic carbocycles. The summed E-state index contributed by atoms with van der Waals surface area (Å²) in [6.07, 6.45) is 15.6. The average Bonchev–Trinajstić information content (AvgIpc) is 2.68. The summed E-state index contributed by atoms with van der Waals surface area (Å²) in [5, 5.41) is 4.39. The third-order valence-electron chi connectivity index (χ3n) is 6.19. The molecule has 27 heavy (non-hydrogen) atoms. The van der Waals surface area contributed by atoms with Crippen molar-refractivity contribution in [2.75, 3.05) is 0 Å². The second-order valence-corrected chi connectivity index (χ2v) is 20.4. The molecule has 0 atom stereocenters. The minimum absolute atomic E-state index is 0.996. The van der Waals surface area contributed by atoms with E-state index >= 15 is 0 Å². The van der Waals surface area contributed by atoms with Crippen LogP contribution >= 0.6 is 0 Å². The molecule has 2 heteroatoms. The fourth-order valence-electron chi connectivity index (χ4n) is 4.41. The van der Waals surface area contributed by atoms with Crippen LogP contribution in [0.25, 0.3) is 0 Å². The van der Waals surface area contributed by atoms with Crippen molar-refractivity contribution in [1.82, 2.24) is 0 Å². The molecule has 0 radical (unpaired) electrons. The Morgan fingerprint density at radius 1 is 0.593 bits per heavy atom. The molecular formula is C25H47AsO. The fourth-order valence-corrected chi connectivity index (χ4v) is 16.1. The topological polar surface area (TPSA) is 20.2 Å². The molecule has 0 aromatic heterocycles. The quantitative estimate of drug-likeness (QED) is 0.191. The molecule has 0 saturated carbocycles. The molecule has 0 heterocycles. The molecule has 1 nitrogen and oxygen atoms in total. The van der Waals surface area contributed by atoms with Crippen LogP contribution in [-0.4, -0.2) is 16.9 Å². The Labute approximate surface area is 171 Å². The molecule has 0 unspecified atom stereocenters. The van der Waals surface area contributed by atoms with Gasteiger partial charge < -0.3 is 0 Å². The summed E-state index contributed by atoms with van der Waals surface area (Å²) in [6, 6.07) is 10.8. The molecule has 0 amide bonds. The number of rotatable bonds is 17. The van der Waals surface area contributed by atoms with Crippen LogP contribution in [0.2, 0.25) is 15.6 Å². The Kier molecular flexibility index (Phi) is 12.7.